The molecule has 144 valence electrons. The Morgan fingerprint density at radius 3 is 2.63 bits per heavy atom. The van der Waals surface area contributed by atoms with Crippen LogP contribution in [0.15, 0.2) is 12.1 Å². The summed E-state index contributed by atoms with van der Waals surface area (Å²) in [5.74, 6) is 0.836. The summed E-state index contributed by atoms with van der Waals surface area (Å²) in [4.78, 5) is 27.6. The molecule has 0 aliphatic carbocycles. The minimum Gasteiger partial charge on any atom is -0.355 e. The monoisotopic (exact) mass is 368 g/mol. The first kappa shape index (κ1) is 19.2. The van der Waals surface area contributed by atoms with E-state index in [-0.39, 0.29) is 11.7 Å². The molecule has 0 spiro atoms. The van der Waals surface area contributed by atoms with Gasteiger partial charge in [0.15, 0.2) is 0 Å². The summed E-state index contributed by atoms with van der Waals surface area (Å²) in [6.45, 7) is 10.6. The van der Waals surface area contributed by atoms with Gasteiger partial charge in [0, 0.05) is 55.4 Å². The molecule has 0 radical (unpaired) electrons. The second-order valence-corrected chi connectivity index (χ2v) is 7.17. The highest BCUT2D eigenvalue weighted by molar-refractivity contribution is 5.90. The van der Waals surface area contributed by atoms with Crippen LogP contribution in [0.2, 0.25) is 0 Å². The van der Waals surface area contributed by atoms with E-state index in [1.54, 1.807) is 7.05 Å². The highest BCUT2D eigenvalue weighted by Crippen LogP contribution is 2.24. The maximum Gasteiger partial charge on any atom is 0.288 e. The molecule has 1 saturated heterocycles. The lowest BCUT2D eigenvalue weighted by Crippen LogP contribution is -2.33. The smallest absolute Gasteiger partial charge is 0.288 e. The molecule has 3 heterocycles. The molecule has 0 bridgehead atoms. The Labute approximate surface area is 160 Å². The van der Waals surface area contributed by atoms with Crippen molar-refractivity contribution in [3.63, 3.8) is 0 Å². The number of pyridine rings is 1. The van der Waals surface area contributed by atoms with E-state index in [1.165, 1.54) is 5.56 Å². The Morgan fingerprint density at radius 1 is 1.15 bits per heavy atom. The van der Waals surface area contributed by atoms with E-state index in [1.807, 2.05) is 20.8 Å². The fourth-order valence-corrected chi connectivity index (χ4v) is 3.41. The zero-order chi connectivity index (χ0) is 19.6. The van der Waals surface area contributed by atoms with Crippen molar-refractivity contribution in [3.05, 3.63) is 46.2 Å². The SMILES string of the molecule is CNC(=O)c1nc(C)c(C)c(N2CC[C@@H](NCc3ccc(C)nc3C)C2)n1. The number of carbonyl (C=O) groups excluding carboxylic acids is 1. The van der Waals surface area contributed by atoms with Gasteiger partial charge in [-0.2, -0.15) is 0 Å². The first-order valence-corrected chi connectivity index (χ1v) is 9.37. The van der Waals surface area contributed by atoms with Crippen molar-refractivity contribution in [2.45, 2.75) is 46.7 Å². The first-order valence-electron chi connectivity index (χ1n) is 9.37. The van der Waals surface area contributed by atoms with Crippen molar-refractivity contribution in [3.8, 4) is 0 Å². The summed E-state index contributed by atoms with van der Waals surface area (Å²) >= 11 is 0. The Morgan fingerprint density at radius 2 is 1.93 bits per heavy atom. The van der Waals surface area contributed by atoms with Crippen LogP contribution < -0.4 is 15.5 Å². The largest absolute Gasteiger partial charge is 0.355 e. The third kappa shape index (κ3) is 4.24. The molecule has 0 aromatic carbocycles. The van der Waals surface area contributed by atoms with Crippen molar-refractivity contribution >= 4 is 11.7 Å². The maximum atomic E-state index is 12.0. The van der Waals surface area contributed by atoms with E-state index in [4.69, 9.17) is 0 Å². The average molecular weight is 368 g/mol. The number of aryl methyl sites for hydroxylation is 3. The van der Waals surface area contributed by atoms with Gasteiger partial charge in [0.1, 0.15) is 5.82 Å². The number of rotatable bonds is 5. The average Bonchev–Trinajstić information content (AvgIpc) is 3.11. The van der Waals surface area contributed by atoms with Crippen LogP contribution in [-0.4, -0.2) is 47.0 Å². The normalized spacial score (nSPS) is 16.6. The molecule has 1 aliphatic rings. The predicted molar refractivity (Wildman–Crippen MR) is 106 cm³/mol. The maximum absolute atomic E-state index is 12.0. The molecule has 7 nitrogen and oxygen atoms in total. The van der Waals surface area contributed by atoms with E-state index < -0.39 is 0 Å². The molecule has 1 fully saturated rings. The van der Waals surface area contributed by atoms with Crippen LogP contribution in [0.4, 0.5) is 5.82 Å². The van der Waals surface area contributed by atoms with E-state index in [9.17, 15) is 4.79 Å². The number of hydrogen-bond donors (Lipinski definition) is 2. The summed E-state index contributed by atoms with van der Waals surface area (Å²) in [5, 5.41) is 6.24. The van der Waals surface area contributed by atoms with Gasteiger partial charge in [0.25, 0.3) is 5.91 Å². The third-order valence-corrected chi connectivity index (χ3v) is 5.20. The van der Waals surface area contributed by atoms with Crippen LogP contribution in [0.3, 0.4) is 0 Å². The molecule has 2 aromatic rings. The van der Waals surface area contributed by atoms with E-state index >= 15 is 0 Å². The Balaban J connectivity index is 1.69. The Bertz CT molecular complexity index is 851. The number of aromatic nitrogens is 3. The van der Waals surface area contributed by atoms with Gasteiger partial charge in [-0.25, -0.2) is 9.97 Å². The van der Waals surface area contributed by atoms with Crippen molar-refractivity contribution in [1.29, 1.82) is 0 Å². The summed E-state index contributed by atoms with van der Waals surface area (Å²) in [5.41, 5.74) is 5.23. The molecule has 1 aliphatic heterocycles. The lowest BCUT2D eigenvalue weighted by atomic mass is 10.1. The fourth-order valence-electron chi connectivity index (χ4n) is 3.41. The van der Waals surface area contributed by atoms with Crippen LogP contribution in [0.25, 0.3) is 0 Å². The molecular formula is C20H28N6O. The van der Waals surface area contributed by atoms with Gasteiger partial charge in [0.2, 0.25) is 5.82 Å². The van der Waals surface area contributed by atoms with E-state index in [0.29, 0.717) is 6.04 Å². The predicted octanol–water partition coefficient (Wildman–Crippen LogP) is 1.83. The van der Waals surface area contributed by atoms with Gasteiger partial charge in [-0.1, -0.05) is 6.07 Å². The quantitative estimate of drug-likeness (QED) is 0.838. The highest BCUT2D eigenvalue weighted by Gasteiger charge is 2.26. The van der Waals surface area contributed by atoms with Crippen molar-refractivity contribution in [2.24, 2.45) is 0 Å². The number of carbonyl (C=O) groups is 1. The van der Waals surface area contributed by atoms with Gasteiger partial charge < -0.3 is 15.5 Å². The number of anilines is 1. The molecule has 7 heteroatoms. The van der Waals surface area contributed by atoms with E-state index in [0.717, 1.165) is 54.5 Å². The van der Waals surface area contributed by atoms with Gasteiger partial charge in [-0.3, -0.25) is 9.78 Å². The Kier molecular flexibility index (Phi) is 5.70. The first-order chi connectivity index (χ1) is 12.9. The molecule has 2 N–H and O–H groups in total. The lowest BCUT2D eigenvalue weighted by Gasteiger charge is -2.21. The van der Waals surface area contributed by atoms with Crippen LogP contribution in [-0.2, 0) is 6.54 Å². The van der Waals surface area contributed by atoms with E-state index in [2.05, 4.69) is 49.5 Å². The van der Waals surface area contributed by atoms with Crippen LogP contribution in [0.1, 0.15) is 45.2 Å². The van der Waals surface area contributed by atoms with Gasteiger partial charge >= 0.3 is 0 Å². The number of nitrogens with zero attached hydrogens (tertiary/aromatic N) is 4. The zero-order valence-electron chi connectivity index (χ0n) is 16.8. The molecular weight excluding hydrogens is 340 g/mol. The standard InChI is InChI=1S/C20H28N6O/c1-12-6-7-16(15(4)23-12)10-22-17-8-9-26(11-17)19-13(2)14(3)24-18(25-19)20(27)21-5/h6-7,17,22H,8-11H2,1-5H3,(H,21,27)/t17-/m1/s1. The molecule has 0 saturated carbocycles. The van der Waals surface area contributed by atoms with Gasteiger partial charge in [-0.05, 0) is 45.7 Å². The van der Waals surface area contributed by atoms with Crippen LogP contribution >= 0.6 is 0 Å². The molecule has 3 rings (SSSR count). The molecule has 27 heavy (non-hydrogen) atoms. The second kappa shape index (κ2) is 8.00. The minimum absolute atomic E-state index is 0.230. The minimum atomic E-state index is -0.254. The number of nitrogens with one attached hydrogen (secondary N) is 2. The molecule has 2 aromatic heterocycles. The topological polar surface area (TPSA) is 83.0 Å². The Hall–Kier alpha value is -2.54. The lowest BCUT2D eigenvalue weighted by molar-refractivity contribution is 0.0952. The fraction of sp³-hybridized carbons (Fsp3) is 0.500. The molecule has 1 atom stereocenters. The summed E-state index contributed by atoms with van der Waals surface area (Å²) in [6.07, 6.45) is 1.04. The van der Waals surface area contributed by atoms with Crippen molar-refractivity contribution in [1.82, 2.24) is 25.6 Å². The van der Waals surface area contributed by atoms with Crippen LogP contribution in [0.5, 0.6) is 0 Å². The summed E-state index contributed by atoms with van der Waals surface area (Å²) < 4.78 is 0. The van der Waals surface area contributed by atoms with Crippen LogP contribution in [0, 0.1) is 27.7 Å². The third-order valence-electron chi connectivity index (χ3n) is 5.20. The summed E-state index contributed by atoms with van der Waals surface area (Å²) in [6, 6.07) is 4.58. The van der Waals surface area contributed by atoms with Gasteiger partial charge in [0.05, 0.1) is 0 Å². The number of amides is 1. The highest BCUT2D eigenvalue weighted by atomic mass is 16.2. The van der Waals surface area contributed by atoms with Crippen molar-refractivity contribution in [2.75, 3.05) is 25.0 Å². The summed E-state index contributed by atoms with van der Waals surface area (Å²) in [7, 11) is 1.60. The van der Waals surface area contributed by atoms with Crippen molar-refractivity contribution < 1.29 is 4.79 Å². The molecule has 1 amide bonds. The zero-order valence-corrected chi connectivity index (χ0v) is 16.8. The molecule has 0 unspecified atom stereocenters. The number of hydrogen-bond acceptors (Lipinski definition) is 6. The second-order valence-electron chi connectivity index (χ2n) is 7.17. The van der Waals surface area contributed by atoms with Gasteiger partial charge in [-0.15, -0.1) is 0 Å².